The van der Waals surface area contributed by atoms with Crippen molar-refractivity contribution in [3.8, 4) is 0 Å². The number of carbonyl (C=O) groups excluding carboxylic acids is 7. The van der Waals surface area contributed by atoms with Crippen LogP contribution in [-0.4, -0.2) is 161 Å². The number of aliphatic hydroxyl groups excluding tert-OH is 1. The first-order valence-corrected chi connectivity index (χ1v) is 26.4. The van der Waals surface area contributed by atoms with Crippen LogP contribution < -0.4 is 5.32 Å². The first-order valence-electron chi connectivity index (χ1n) is 23.7. The summed E-state index contributed by atoms with van der Waals surface area (Å²) >= 11 is 0. The van der Waals surface area contributed by atoms with Gasteiger partial charge in [0.25, 0.3) is 0 Å². The van der Waals surface area contributed by atoms with E-state index in [0.717, 1.165) is 6.92 Å². The summed E-state index contributed by atoms with van der Waals surface area (Å²) in [4.78, 5) is 101. The highest BCUT2D eigenvalue weighted by Crippen LogP contribution is 2.65. The number of ketones is 1. The SMILES string of the molecule is CSSCCC(=O)O[C@H]1C[C@H]2OC[C@@]2(OC(C)=O)[C@H]2[C@H](OC(=O)c3ccccc3)[C@]3(O)C[C@H](OC(=O)[C@H](O)[C@H](C=C(C)C)NC(=O)OC(C)(C)C)C(C)=C([C@@H](OC(=O)N4CCOCC4)C(=O)[C@]12C)C3(C)C. The largest absolute Gasteiger partial charge is 0.461 e. The molecule has 0 spiro atoms. The molecule has 2 amide bonds. The molecule has 2 saturated heterocycles. The van der Waals surface area contributed by atoms with E-state index in [-0.39, 0.29) is 62.5 Å². The molecule has 0 unspecified atom stereocenters. The predicted octanol–water partition coefficient (Wildman–Crippen LogP) is 5.28. The average Bonchev–Trinajstić information content (AvgIpc) is 3.28. The van der Waals surface area contributed by atoms with Gasteiger partial charge in [-0.2, -0.15) is 0 Å². The van der Waals surface area contributed by atoms with Gasteiger partial charge in [0.05, 0.1) is 49.2 Å². The first kappa shape index (κ1) is 55.6. The van der Waals surface area contributed by atoms with Crippen LogP contribution in [0.15, 0.2) is 53.1 Å². The third-order valence-corrected chi connectivity index (χ3v) is 16.0. The van der Waals surface area contributed by atoms with Crippen LogP contribution in [0.4, 0.5) is 9.59 Å². The highest BCUT2D eigenvalue weighted by molar-refractivity contribution is 8.76. The van der Waals surface area contributed by atoms with Crippen molar-refractivity contribution in [2.24, 2.45) is 16.7 Å². The second kappa shape index (κ2) is 21.8. The molecule has 5 aliphatic rings. The molecule has 2 saturated carbocycles. The Morgan fingerprint density at radius 2 is 1.65 bits per heavy atom. The Morgan fingerprint density at radius 3 is 2.23 bits per heavy atom. The highest BCUT2D eigenvalue weighted by atomic mass is 33.1. The minimum Gasteiger partial charge on any atom is -0.461 e. The van der Waals surface area contributed by atoms with Gasteiger partial charge in [0.15, 0.2) is 23.6 Å². The molecule has 11 atom stereocenters. The molecular formula is C50H68N2O17S2. The fraction of sp³-hybridized carbons (Fsp3) is 0.660. The maximum atomic E-state index is 16.4. The summed E-state index contributed by atoms with van der Waals surface area (Å²) in [7, 11) is 2.86. The number of nitrogens with one attached hydrogen (secondary N) is 1. The van der Waals surface area contributed by atoms with Crippen molar-refractivity contribution >= 4 is 63.4 Å². The van der Waals surface area contributed by atoms with Gasteiger partial charge in [0.2, 0.25) is 0 Å². The van der Waals surface area contributed by atoms with Gasteiger partial charge in [0.1, 0.15) is 35.6 Å². The van der Waals surface area contributed by atoms with Crippen molar-refractivity contribution in [2.75, 3.05) is 44.9 Å². The van der Waals surface area contributed by atoms with Crippen LogP contribution in [0.3, 0.4) is 0 Å². The topological polar surface area (TPSA) is 249 Å². The molecule has 0 aromatic heterocycles. The summed E-state index contributed by atoms with van der Waals surface area (Å²) < 4.78 is 48.6. The Bertz CT molecular complexity index is 2270. The number of Topliss-reactive ketones (excluding diaryl/α,β-unsaturated/α-hetero) is 1. The first-order chi connectivity index (χ1) is 33.2. The van der Waals surface area contributed by atoms with Crippen LogP contribution in [0.25, 0.3) is 0 Å². The number of benzene rings is 1. The van der Waals surface area contributed by atoms with E-state index < -0.39 is 124 Å². The number of rotatable bonds is 14. The standard InChI is InChI=1S/C50H68N2O17S2/c1-27(2)23-31(51-44(59)69-46(5,6)7)37(55)43(58)64-32-25-50(61)41(67-42(57)30-15-13-12-14-16-30)39-48(10,33(65-35(54)17-22-71-70-11)24-34-49(39,26-63-34)68-29(4)53)40(56)38(36(28(32)3)47(50,8)9)66-45(60)52-18-20-62-21-19-52/h12-16,23,31-34,37-39,41,55,61H,17-22,24-26H2,1-11H3,(H,51,59)/t31-,32-,33-,34+,37+,38+,39-,41-,48+,49-,50+/m0/s1. The lowest BCUT2D eigenvalue weighted by Gasteiger charge is -2.67. The molecule has 4 fully saturated rings. The number of allylic oxidation sites excluding steroid dienone is 1. The number of nitrogens with zero attached hydrogens (tertiary/aromatic N) is 1. The molecule has 1 aromatic rings. The third-order valence-electron chi connectivity index (χ3n) is 14.2. The van der Waals surface area contributed by atoms with Gasteiger partial charge in [-0.3, -0.25) is 14.4 Å². The van der Waals surface area contributed by atoms with E-state index in [9.17, 15) is 39.0 Å². The number of hydrogen-bond acceptors (Lipinski definition) is 19. The fourth-order valence-electron chi connectivity index (χ4n) is 10.7. The predicted molar refractivity (Wildman–Crippen MR) is 259 cm³/mol. The lowest BCUT2D eigenvalue weighted by molar-refractivity contribution is -0.346. The zero-order chi connectivity index (χ0) is 52.4. The zero-order valence-electron chi connectivity index (χ0n) is 42.2. The van der Waals surface area contributed by atoms with Crippen molar-refractivity contribution in [3.05, 3.63) is 58.7 Å². The smallest absolute Gasteiger partial charge is 0.410 e. The lowest BCUT2D eigenvalue weighted by atomic mass is 9.44. The number of alkyl carbamates (subject to hydrolysis) is 1. The van der Waals surface area contributed by atoms with Crippen LogP contribution in [0.2, 0.25) is 0 Å². The Balaban J connectivity index is 1.60. The zero-order valence-corrected chi connectivity index (χ0v) is 43.9. The second-order valence-electron chi connectivity index (χ2n) is 20.6. The molecule has 3 aliphatic carbocycles. The van der Waals surface area contributed by atoms with Crippen molar-refractivity contribution in [1.82, 2.24) is 10.2 Å². The molecule has 21 heteroatoms. The summed E-state index contributed by atoms with van der Waals surface area (Å²) in [5.41, 5.74) is -8.36. The quantitative estimate of drug-likeness (QED) is 0.0705. The molecule has 2 aliphatic heterocycles. The number of carbonyl (C=O) groups is 7. The van der Waals surface area contributed by atoms with Crippen molar-refractivity contribution in [2.45, 2.75) is 148 Å². The Labute approximate surface area is 422 Å². The van der Waals surface area contributed by atoms with Crippen LogP contribution in [0.1, 0.15) is 98.9 Å². The van der Waals surface area contributed by atoms with Gasteiger partial charge >= 0.3 is 36.1 Å². The van der Waals surface area contributed by atoms with E-state index in [4.69, 9.17) is 37.9 Å². The van der Waals surface area contributed by atoms with E-state index >= 15 is 4.79 Å². The van der Waals surface area contributed by atoms with E-state index in [1.807, 2.05) is 6.26 Å². The lowest BCUT2D eigenvalue weighted by Crippen LogP contribution is -2.82. The van der Waals surface area contributed by atoms with Gasteiger partial charge in [0, 0.05) is 44.0 Å². The molecule has 3 N–H and O–H groups in total. The summed E-state index contributed by atoms with van der Waals surface area (Å²) in [5.74, 6) is -5.84. The van der Waals surface area contributed by atoms with Crippen molar-refractivity contribution < 1.29 is 81.7 Å². The summed E-state index contributed by atoms with van der Waals surface area (Å²) in [6.07, 6.45) is -9.37. The molecule has 6 rings (SSSR count). The third kappa shape index (κ3) is 11.3. The summed E-state index contributed by atoms with van der Waals surface area (Å²) in [5, 5.41) is 28.3. The van der Waals surface area contributed by atoms with Crippen molar-refractivity contribution in [3.63, 3.8) is 0 Å². The Morgan fingerprint density at radius 1 is 0.986 bits per heavy atom. The van der Waals surface area contributed by atoms with Crippen LogP contribution in [0.5, 0.6) is 0 Å². The monoisotopic (exact) mass is 1030 g/mol. The molecule has 2 heterocycles. The summed E-state index contributed by atoms with van der Waals surface area (Å²) in [6.45, 7) is 15.8. The van der Waals surface area contributed by atoms with E-state index in [1.165, 1.54) is 58.5 Å². The maximum Gasteiger partial charge on any atom is 0.410 e. The number of ether oxygens (including phenoxy) is 8. The maximum absolute atomic E-state index is 16.4. The molecular weight excluding hydrogens is 965 g/mol. The summed E-state index contributed by atoms with van der Waals surface area (Å²) in [6, 6.07) is 6.47. The van der Waals surface area contributed by atoms with Gasteiger partial charge < -0.3 is 58.3 Å². The molecule has 19 nitrogen and oxygen atoms in total. The minimum absolute atomic E-state index is 0.0340. The number of morpholine rings is 1. The molecule has 2 bridgehead atoms. The van der Waals surface area contributed by atoms with Gasteiger partial charge in [-0.15, -0.1) is 0 Å². The van der Waals surface area contributed by atoms with Gasteiger partial charge in [-0.05, 0) is 78.0 Å². The highest BCUT2D eigenvalue weighted by Gasteiger charge is 2.79. The number of amides is 2. The second-order valence-corrected chi connectivity index (χ2v) is 23.3. The molecule has 392 valence electrons. The van der Waals surface area contributed by atoms with Gasteiger partial charge in [-0.25, -0.2) is 19.2 Å². The normalized spacial score (nSPS) is 30.8. The molecule has 71 heavy (non-hydrogen) atoms. The number of esters is 4. The number of aliphatic hydroxyl groups is 2. The number of hydrogen-bond donors (Lipinski definition) is 3. The van der Waals surface area contributed by atoms with Crippen LogP contribution >= 0.6 is 21.6 Å². The average molecular weight is 1030 g/mol. The van der Waals surface area contributed by atoms with E-state index in [2.05, 4.69) is 5.32 Å². The molecule has 1 aromatic carbocycles. The Kier molecular flexibility index (Phi) is 17.1. The van der Waals surface area contributed by atoms with Gasteiger partial charge in [-0.1, -0.05) is 65.3 Å². The number of fused-ring (bicyclic) bond motifs is 5. The van der Waals surface area contributed by atoms with E-state index in [1.54, 1.807) is 66.7 Å². The minimum atomic E-state index is -2.47. The van der Waals surface area contributed by atoms with E-state index in [0.29, 0.717) is 11.3 Å². The Hall–Kier alpha value is -4.67. The molecule has 0 radical (unpaired) electrons. The van der Waals surface area contributed by atoms with Crippen LogP contribution in [-0.2, 0) is 57.1 Å². The van der Waals surface area contributed by atoms with Crippen molar-refractivity contribution in [1.29, 1.82) is 0 Å². The fourth-order valence-corrected chi connectivity index (χ4v) is 11.9. The van der Waals surface area contributed by atoms with Crippen LogP contribution in [0, 0.1) is 16.7 Å².